The number of pyridine rings is 1. The number of carbonyl (C=O) groups excluding carboxylic acids is 1. The van der Waals surface area contributed by atoms with Gasteiger partial charge in [-0.25, -0.2) is 14.8 Å². The van der Waals surface area contributed by atoms with Gasteiger partial charge in [-0.15, -0.1) is 0 Å². The van der Waals surface area contributed by atoms with Gasteiger partial charge in [0.1, 0.15) is 6.07 Å². The number of nitrogens with zero attached hydrogens (tertiary/aromatic N) is 4. The summed E-state index contributed by atoms with van der Waals surface area (Å²) in [5, 5.41) is 15.2. The molecule has 1 fully saturated rings. The fraction of sp³-hybridized carbons (Fsp3) is 0.261. The lowest BCUT2D eigenvalue weighted by Gasteiger charge is -2.37. The highest BCUT2D eigenvalue weighted by Crippen LogP contribution is 2.36. The third-order valence-electron chi connectivity index (χ3n) is 5.44. The number of hydrogen-bond donors (Lipinski definition) is 2. The van der Waals surface area contributed by atoms with Crippen molar-refractivity contribution in [3.05, 3.63) is 72.6 Å². The van der Waals surface area contributed by atoms with Gasteiger partial charge in [0.2, 0.25) is 5.82 Å². The van der Waals surface area contributed by atoms with E-state index in [2.05, 4.69) is 25.6 Å². The number of carbonyl (C=O) groups is 1. The van der Waals surface area contributed by atoms with E-state index < -0.39 is 5.54 Å². The third-order valence-corrected chi connectivity index (χ3v) is 5.44. The maximum Gasteiger partial charge on any atom is 0.319 e. The second-order valence-corrected chi connectivity index (χ2v) is 7.42. The summed E-state index contributed by atoms with van der Waals surface area (Å²) >= 11 is 0. The largest absolute Gasteiger partial charge is 0.327 e. The molecule has 0 radical (unpaired) electrons. The van der Waals surface area contributed by atoms with Crippen molar-refractivity contribution in [1.29, 1.82) is 5.26 Å². The van der Waals surface area contributed by atoms with E-state index in [1.807, 2.05) is 42.5 Å². The molecule has 1 aromatic carbocycles. The van der Waals surface area contributed by atoms with Crippen molar-refractivity contribution in [3.8, 4) is 17.2 Å². The molecule has 1 saturated carbocycles. The number of nitriles is 1. The number of benzene rings is 1. The molecule has 2 aromatic heterocycles. The van der Waals surface area contributed by atoms with Crippen LogP contribution in [0.3, 0.4) is 0 Å². The maximum absolute atomic E-state index is 12.8. The first kappa shape index (κ1) is 19.5. The van der Waals surface area contributed by atoms with Crippen molar-refractivity contribution >= 4 is 11.7 Å². The molecule has 2 N–H and O–H groups in total. The van der Waals surface area contributed by atoms with E-state index in [1.54, 1.807) is 24.7 Å². The highest BCUT2D eigenvalue weighted by atomic mass is 16.2. The Balaban J connectivity index is 1.50. The van der Waals surface area contributed by atoms with Gasteiger partial charge < -0.3 is 10.6 Å². The van der Waals surface area contributed by atoms with Crippen LogP contribution in [0, 0.1) is 11.3 Å². The molecule has 0 saturated heterocycles. The summed E-state index contributed by atoms with van der Waals surface area (Å²) in [7, 11) is 0. The average molecular weight is 398 g/mol. The van der Waals surface area contributed by atoms with E-state index in [0.29, 0.717) is 11.4 Å². The van der Waals surface area contributed by atoms with Crippen LogP contribution in [0.4, 0.5) is 10.5 Å². The molecule has 30 heavy (non-hydrogen) atoms. The Kier molecular flexibility index (Phi) is 5.66. The zero-order valence-electron chi connectivity index (χ0n) is 16.5. The van der Waals surface area contributed by atoms with Crippen molar-refractivity contribution in [1.82, 2.24) is 20.3 Å². The first-order valence-electron chi connectivity index (χ1n) is 10.0. The zero-order valence-corrected chi connectivity index (χ0v) is 16.5. The van der Waals surface area contributed by atoms with Crippen molar-refractivity contribution in [2.75, 3.05) is 5.32 Å². The van der Waals surface area contributed by atoms with Gasteiger partial charge in [0.15, 0.2) is 0 Å². The van der Waals surface area contributed by atoms with Crippen molar-refractivity contribution < 1.29 is 4.79 Å². The molecule has 0 spiro atoms. The average Bonchev–Trinajstić information content (AvgIpc) is 2.81. The minimum atomic E-state index is -0.591. The number of rotatable bonds is 4. The van der Waals surface area contributed by atoms with Crippen LogP contribution >= 0.6 is 0 Å². The number of aromatic nitrogens is 3. The fourth-order valence-corrected chi connectivity index (χ4v) is 3.94. The van der Waals surface area contributed by atoms with Crippen LogP contribution in [-0.4, -0.2) is 21.0 Å². The molecule has 7 nitrogen and oxygen atoms in total. The molecule has 0 atom stereocenters. The minimum absolute atomic E-state index is 0.116. The molecule has 1 aliphatic rings. The lowest BCUT2D eigenvalue weighted by atomic mass is 9.79. The number of anilines is 1. The molecular formula is C23H22N6O. The molecule has 1 aliphatic carbocycles. The van der Waals surface area contributed by atoms with Gasteiger partial charge >= 0.3 is 6.03 Å². The molecular weight excluding hydrogens is 376 g/mol. The van der Waals surface area contributed by atoms with Gasteiger partial charge in [0, 0.05) is 24.3 Å². The van der Waals surface area contributed by atoms with Gasteiger partial charge in [-0.05, 0) is 48.2 Å². The monoisotopic (exact) mass is 398 g/mol. The molecule has 3 aromatic rings. The Labute approximate surface area is 175 Å². The Morgan fingerprint density at radius 2 is 1.80 bits per heavy atom. The summed E-state index contributed by atoms with van der Waals surface area (Å²) in [6.45, 7) is 0. The highest BCUT2D eigenvalue weighted by Gasteiger charge is 2.37. The van der Waals surface area contributed by atoms with Gasteiger partial charge in [-0.1, -0.05) is 37.5 Å². The number of hydrogen-bond acceptors (Lipinski definition) is 5. The SMILES string of the molecule is N#Cc1nccc(C2(NC(=O)Nc3ccc(-c4cccnc4)cc3)CCCCC2)n1. The van der Waals surface area contributed by atoms with E-state index in [1.165, 1.54) is 0 Å². The predicted octanol–water partition coefficient (Wildman–Crippen LogP) is 4.39. The summed E-state index contributed by atoms with van der Waals surface area (Å²) in [6, 6.07) is 15.0. The van der Waals surface area contributed by atoms with Crippen molar-refractivity contribution in [2.45, 2.75) is 37.6 Å². The number of nitrogens with one attached hydrogen (secondary N) is 2. The van der Waals surface area contributed by atoms with Crippen LogP contribution in [0.25, 0.3) is 11.1 Å². The summed E-state index contributed by atoms with van der Waals surface area (Å²) in [5.41, 5.74) is 2.85. The molecule has 0 unspecified atom stereocenters. The van der Waals surface area contributed by atoms with E-state index in [0.717, 1.165) is 43.2 Å². The molecule has 7 heteroatoms. The first-order chi connectivity index (χ1) is 14.7. The second-order valence-electron chi connectivity index (χ2n) is 7.42. The van der Waals surface area contributed by atoms with Crippen molar-refractivity contribution in [3.63, 3.8) is 0 Å². The van der Waals surface area contributed by atoms with E-state index in [-0.39, 0.29) is 11.9 Å². The van der Waals surface area contributed by atoms with Gasteiger partial charge in [0.25, 0.3) is 0 Å². The summed E-state index contributed by atoms with van der Waals surface area (Å²) in [4.78, 5) is 25.3. The zero-order chi connectivity index (χ0) is 20.8. The lowest BCUT2D eigenvalue weighted by molar-refractivity contribution is 0.209. The van der Waals surface area contributed by atoms with Crippen LogP contribution in [0.5, 0.6) is 0 Å². The van der Waals surface area contributed by atoms with Crippen LogP contribution in [0.1, 0.15) is 43.6 Å². The van der Waals surface area contributed by atoms with Gasteiger partial charge in [0.05, 0.1) is 11.2 Å². The van der Waals surface area contributed by atoms with Gasteiger partial charge in [-0.2, -0.15) is 5.26 Å². The van der Waals surface area contributed by atoms with Crippen LogP contribution in [0.15, 0.2) is 61.1 Å². The van der Waals surface area contributed by atoms with Crippen LogP contribution < -0.4 is 10.6 Å². The molecule has 0 bridgehead atoms. The van der Waals surface area contributed by atoms with Crippen molar-refractivity contribution in [2.24, 2.45) is 0 Å². The third kappa shape index (κ3) is 4.28. The van der Waals surface area contributed by atoms with E-state index in [9.17, 15) is 4.79 Å². The Bertz CT molecular complexity index is 1050. The molecule has 2 amide bonds. The maximum atomic E-state index is 12.8. The topological polar surface area (TPSA) is 104 Å². The van der Waals surface area contributed by atoms with E-state index in [4.69, 9.17) is 5.26 Å². The Hall–Kier alpha value is -3.79. The Morgan fingerprint density at radius 3 is 2.50 bits per heavy atom. The molecule has 150 valence electrons. The quantitative estimate of drug-likeness (QED) is 0.678. The minimum Gasteiger partial charge on any atom is -0.327 e. The summed E-state index contributed by atoms with van der Waals surface area (Å²) in [6.07, 6.45) is 9.79. The van der Waals surface area contributed by atoms with Crippen LogP contribution in [-0.2, 0) is 5.54 Å². The number of amides is 2. The van der Waals surface area contributed by atoms with Gasteiger partial charge in [-0.3, -0.25) is 4.98 Å². The molecule has 4 rings (SSSR count). The predicted molar refractivity (Wildman–Crippen MR) is 113 cm³/mol. The normalized spacial score (nSPS) is 15.0. The lowest BCUT2D eigenvalue weighted by Crippen LogP contribution is -2.49. The van der Waals surface area contributed by atoms with E-state index >= 15 is 0 Å². The standard InChI is InChI=1S/C23H22N6O/c24-15-21-26-14-10-20(28-21)23(11-2-1-3-12-23)29-22(30)27-19-8-6-17(7-9-19)18-5-4-13-25-16-18/h4-10,13-14,16H,1-3,11-12H2,(H2,27,29,30). The summed E-state index contributed by atoms with van der Waals surface area (Å²) in [5.74, 6) is 0.116. The fourth-order valence-electron chi connectivity index (χ4n) is 3.94. The van der Waals surface area contributed by atoms with Crippen LogP contribution in [0.2, 0.25) is 0 Å². The number of urea groups is 1. The highest BCUT2D eigenvalue weighted by molar-refractivity contribution is 5.90. The smallest absolute Gasteiger partial charge is 0.319 e. The molecule has 0 aliphatic heterocycles. The first-order valence-corrected chi connectivity index (χ1v) is 10.0. The molecule has 2 heterocycles. The second kappa shape index (κ2) is 8.70. The summed E-state index contributed by atoms with van der Waals surface area (Å²) < 4.78 is 0. The Morgan fingerprint density at radius 1 is 1.00 bits per heavy atom.